The van der Waals surface area contributed by atoms with Gasteiger partial charge >= 0.3 is 6.03 Å². The molecule has 0 radical (unpaired) electrons. The number of aromatic nitrogens is 3. The average Bonchev–Trinajstić information content (AvgIpc) is 2.77. The van der Waals surface area contributed by atoms with Crippen molar-refractivity contribution in [3.8, 4) is 0 Å². The highest BCUT2D eigenvalue weighted by molar-refractivity contribution is 5.90. The maximum Gasteiger partial charge on any atom is 0.322 e. The fraction of sp³-hybridized carbons (Fsp3) is 0.500. The third-order valence-electron chi connectivity index (χ3n) is 4.79. The van der Waals surface area contributed by atoms with E-state index in [4.69, 9.17) is 0 Å². The second-order valence-electron chi connectivity index (χ2n) is 6.53. The third-order valence-corrected chi connectivity index (χ3v) is 4.79. The molecule has 6 nitrogen and oxygen atoms in total. The predicted octanol–water partition coefficient (Wildman–Crippen LogP) is 3.88. The zero-order chi connectivity index (χ0) is 17.1. The summed E-state index contributed by atoms with van der Waals surface area (Å²) in [5.74, 6) is 0. The van der Waals surface area contributed by atoms with E-state index in [9.17, 15) is 4.79 Å². The molecule has 2 aromatic heterocycles. The van der Waals surface area contributed by atoms with Crippen molar-refractivity contribution in [2.75, 3.05) is 11.9 Å². The molecule has 24 heavy (non-hydrogen) atoms. The molecule has 3 heterocycles. The maximum atomic E-state index is 13.0. The zero-order valence-electron chi connectivity index (χ0n) is 14.6. The lowest BCUT2D eigenvalue weighted by Crippen LogP contribution is -2.38. The number of amides is 2. The van der Waals surface area contributed by atoms with Crippen molar-refractivity contribution in [2.45, 2.75) is 52.5 Å². The topological polar surface area (TPSA) is 73.9 Å². The van der Waals surface area contributed by atoms with Crippen LogP contribution in [0.5, 0.6) is 0 Å². The molecule has 1 aliphatic heterocycles. The number of hydrogen-bond acceptors (Lipinski definition) is 3. The van der Waals surface area contributed by atoms with Gasteiger partial charge in [-0.3, -0.25) is 10.1 Å². The van der Waals surface area contributed by atoms with E-state index in [0.717, 1.165) is 54.9 Å². The number of likely N-dealkylation sites (tertiary alicyclic amines) is 1. The van der Waals surface area contributed by atoms with Gasteiger partial charge in [0.2, 0.25) is 0 Å². The Balaban J connectivity index is 1.87. The molecule has 6 heteroatoms. The standard InChI is InChI=1S/C18H25N5O/c1-12-11-19-9-8-15(12)20-18(24)23-10-6-4-5-7-16(23)17-13(2)21-22-14(17)3/h8-9,11,16H,4-7,10H2,1-3H3,(H,21,22)(H,19,20,24)/t16-/m1/s1. The summed E-state index contributed by atoms with van der Waals surface area (Å²) in [4.78, 5) is 19.0. The van der Waals surface area contributed by atoms with Gasteiger partial charge in [-0.1, -0.05) is 12.8 Å². The first-order valence-corrected chi connectivity index (χ1v) is 8.57. The van der Waals surface area contributed by atoms with Crippen LogP contribution in [0.3, 0.4) is 0 Å². The Bertz CT molecular complexity index is 704. The molecule has 1 atom stereocenters. The Hall–Kier alpha value is -2.37. The van der Waals surface area contributed by atoms with Crippen molar-refractivity contribution in [1.29, 1.82) is 0 Å². The van der Waals surface area contributed by atoms with Crippen molar-refractivity contribution in [1.82, 2.24) is 20.1 Å². The minimum Gasteiger partial charge on any atom is -0.317 e. The monoisotopic (exact) mass is 327 g/mol. The van der Waals surface area contributed by atoms with Crippen LogP contribution < -0.4 is 5.32 Å². The van der Waals surface area contributed by atoms with Crippen LogP contribution in [0.2, 0.25) is 0 Å². The lowest BCUT2D eigenvalue weighted by molar-refractivity contribution is 0.189. The first-order chi connectivity index (χ1) is 11.6. The maximum absolute atomic E-state index is 13.0. The number of rotatable bonds is 2. The quantitative estimate of drug-likeness (QED) is 0.879. The summed E-state index contributed by atoms with van der Waals surface area (Å²) < 4.78 is 0. The molecule has 1 aliphatic rings. The van der Waals surface area contributed by atoms with E-state index < -0.39 is 0 Å². The number of aromatic amines is 1. The summed E-state index contributed by atoms with van der Waals surface area (Å²) >= 11 is 0. The van der Waals surface area contributed by atoms with E-state index >= 15 is 0 Å². The molecule has 1 fully saturated rings. The van der Waals surface area contributed by atoms with E-state index in [1.165, 1.54) is 5.56 Å². The van der Waals surface area contributed by atoms with Crippen molar-refractivity contribution < 1.29 is 4.79 Å². The smallest absolute Gasteiger partial charge is 0.317 e. The number of nitrogens with zero attached hydrogens (tertiary/aromatic N) is 3. The number of hydrogen-bond donors (Lipinski definition) is 2. The number of carbonyl (C=O) groups excluding carboxylic acids is 1. The molecular formula is C18H25N5O. The Morgan fingerprint density at radius 2 is 2.12 bits per heavy atom. The van der Waals surface area contributed by atoms with E-state index in [1.54, 1.807) is 12.4 Å². The summed E-state index contributed by atoms with van der Waals surface area (Å²) in [7, 11) is 0. The van der Waals surface area contributed by atoms with Gasteiger partial charge in [0.05, 0.1) is 11.7 Å². The fourth-order valence-electron chi connectivity index (χ4n) is 3.50. The fourth-order valence-corrected chi connectivity index (χ4v) is 3.50. The van der Waals surface area contributed by atoms with Gasteiger partial charge in [-0.2, -0.15) is 5.10 Å². The number of H-pyrrole nitrogens is 1. The Kier molecular flexibility index (Phi) is 4.83. The van der Waals surface area contributed by atoms with Gasteiger partial charge in [0, 0.05) is 35.9 Å². The number of anilines is 1. The summed E-state index contributed by atoms with van der Waals surface area (Å²) in [6.45, 7) is 6.76. The van der Waals surface area contributed by atoms with Crippen LogP contribution in [-0.2, 0) is 0 Å². The van der Waals surface area contributed by atoms with Crippen LogP contribution in [0.1, 0.15) is 54.2 Å². The minimum atomic E-state index is -0.0452. The second kappa shape index (κ2) is 7.03. The van der Waals surface area contributed by atoms with Crippen LogP contribution >= 0.6 is 0 Å². The molecule has 2 N–H and O–H groups in total. The normalized spacial score (nSPS) is 18.3. The van der Waals surface area contributed by atoms with Gasteiger partial charge in [0.15, 0.2) is 0 Å². The van der Waals surface area contributed by atoms with E-state index in [0.29, 0.717) is 0 Å². The summed E-state index contributed by atoms with van der Waals surface area (Å²) in [6.07, 6.45) is 7.77. The SMILES string of the molecule is Cc1cnccc1NC(=O)N1CCCCC[C@@H]1c1c(C)n[nH]c1C. The summed E-state index contributed by atoms with van der Waals surface area (Å²) in [5, 5.41) is 10.4. The van der Waals surface area contributed by atoms with Crippen LogP contribution in [-0.4, -0.2) is 32.7 Å². The molecule has 0 aromatic carbocycles. The molecule has 0 aliphatic carbocycles. The molecule has 0 bridgehead atoms. The number of aryl methyl sites for hydroxylation is 3. The highest BCUT2D eigenvalue weighted by Gasteiger charge is 2.30. The van der Waals surface area contributed by atoms with Crippen molar-refractivity contribution in [3.05, 3.63) is 41.0 Å². The summed E-state index contributed by atoms with van der Waals surface area (Å²) in [6, 6.07) is 1.87. The molecule has 0 unspecified atom stereocenters. The molecule has 1 saturated heterocycles. The number of carbonyl (C=O) groups is 1. The number of pyridine rings is 1. The van der Waals surface area contributed by atoms with E-state index in [1.807, 2.05) is 31.7 Å². The molecular weight excluding hydrogens is 302 g/mol. The van der Waals surface area contributed by atoms with Crippen LogP contribution in [0.25, 0.3) is 0 Å². The Morgan fingerprint density at radius 1 is 1.29 bits per heavy atom. The third kappa shape index (κ3) is 3.27. The first kappa shape index (κ1) is 16.5. The molecule has 0 spiro atoms. The molecule has 0 saturated carbocycles. The van der Waals surface area contributed by atoms with Gasteiger partial charge in [-0.25, -0.2) is 4.79 Å². The Morgan fingerprint density at radius 3 is 2.83 bits per heavy atom. The second-order valence-corrected chi connectivity index (χ2v) is 6.53. The average molecular weight is 327 g/mol. The van der Waals surface area contributed by atoms with Gasteiger partial charge in [0.1, 0.15) is 0 Å². The molecule has 2 aromatic rings. The highest BCUT2D eigenvalue weighted by atomic mass is 16.2. The Labute approximate surface area is 142 Å². The number of urea groups is 1. The van der Waals surface area contributed by atoms with Crippen LogP contribution in [0.4, 0.5) is 10.5 Å². The lowest BCUT2D eigenvalue weighted by atomic mass is 9.99. The van der Waals surface area contributed by atoms with Gasteiger partial charge in [-0.05, 0) is 45.2 Å². The van der Waals surface area contributed by atoms with Crippen molar-refractivity contribution >= 4 is 11.7 Å². The predicted molar refractivity (Wildman–Crippen MR) is 94.0 cm³/mol. The minimum absolute atomic E-state index is 0.0452. The van der Waals surface area contributed by atoms with Crippen LogP contribution in [0, 0.1) is 20.8 Å². The van der Waals surface area contributed by atoms with E-state index in [2.05, 4.69) is 20.5 Å². The van der Waals surface area contributed by atoms with Crippen molar-refractivity contribution in [2.24, 2.45) is 0 Å². The molecule has 3 rings (SSSR count). The molecule has 128 valence electrons. The van der Waals surface area contributed by atoms with Gasteiger partial charge < -0.3 is 10.2 Å². The van der Waals surface area contributed by atoms with Gasteiger partial charge in [0.25, 0.3) is 0 Å². The lowest BCUT2D eigenvalue weighted by Gasteiger charge is -2.31. The first-order valence-electron chi connectivity index (χ1n) is 8.57. The van der Waals surface area contributed by atoms with Crippen molar-refractivity contribution in [3.63, 3.8) is 0 Å². The highest BCUT2D eigenvalue weighted by Crippen LogP contribution is 2.33. The van der Waals surface area contributed by atoms with Crippen LogP contribution in [0.15, 0.2) is 18.5 Å². The van der Waals surface area contributed by atoms with E-state index in [-0.39, 0.29) is 12.1 Å². The summed E-state index contributed by atoms with van der Waals surface area (Å²) in [5.41, 5.74) is 4.99. The molecule has 2 amide bonds. The largest absolute Gasteiger partial charge is 0.322 e. The number of nitrogens with one attached hydrogen (secondary N) is 2. The van der Waals surface area contributed by atoms with Gasteiger partial charge in [-0.15, -0.1) is 0 Å². The zero-order valence-corrected chi connectivity index (χ0v) is 14.6.